The maximum absolute atomic E-state index is 13.2. The monoisotopic (exact) mass is 977 g/mol. The molecule has 0 aliphatic carbocycles. The molecular weight excluding hydrogens is 919 g/mol. The van der Waals surface area contributed by atoms with E-state index in [1.807, 2.05) is 52.0 Å². The van der Waals surface area contributed by atoms with Crippen LogP contribution in [0, 0.1) is 12.3 Å². The molecule has 70 heavy (non-hydrogen) atoms. The van der Waals surface area contributed by atoms with Gasteiger partial charge in [-0.15, -0.1) is 0 Å². The van der Waals surface area contributed by atoms with Gasteiger partial charge in [0.15, 0.2) is 16.4 Å². The predicted molar refractivity (Wildman–Crippen MR) is 261 cm³/mol. The van der Waals surface area contributed by atoms with Crippen molar-refractivity contribution in [1.29, 1.82) is 0 Å². The number of nitrogens with one attached hydrogen (secondary N) is 4. The fourth-order valence-electron chi connectivity index (χ4n) is 8.46. The van der Waals surface area contributed by atoms with Gasteiger partial charge in [0.25, 0.3) is 17.7 Å². The lowest BCUT2D eigenvalue weighted by molar-refractivity contribution is -0.136. The Morgan fingerprint density at radius 3 is 2.31 bits per heavy atom. The Morgan fingerprint density at radius 1 is 0.843 bits per heavy atom. The van der Waals surface area contributed by atoms with Crippen molar-refractivity contribution >= 4 is 79.9 Å². The molecule has 4 heterocycles. The number of amides is 6. The summed E-state index contributed by atoms with van der Waals surface area (Å²) in [5, 5.41) is 11.4. The molecule has 2 fully saturated rings. The molecule has 4 aromatic rings. The third-order valence-electron chi connectivity index (χ3n) is 12.0. The van der Waals surface area contributed by atoms with E-state index in [2.05, 4.69) is 36.1 Å². The molecule has 0 saturated carbocycles. The molecule has 0 bridgehead atoms. The quantitative estimate of drug-likeness (QED) is 0.0653. The number of sulfone groups is 1. The largest absolute Gasteiger partial charge is 0.483 e. The lowest BCUT2D eigenvalue weighted by atomic mass is 10.0. The number of piperidine rings is 1. The van der Waals surface area contributed by atoms with Crippen molar-refractivity contribution in [2.24, 2.45) is 5.41 Å². The Bertz CT molecular complexity index is 2770. The van der Waals surface area contributed by atoms with Crippen molar-refractivity contribution in [2.75, 3.05) is 60.6 Å². The number of hydrogen-bond donors (Lipinski definition) is 4. The average Bonchev–Trinajstić information content (AvgIpc) is 3.57. The van der Waals surface area contributed by atoms with Crippen LogP contribution in [0.3, 0.4) is 0 Å². The zero-order valence-corrected chi connectivity index (χ0v) is 40.7. The van der Waals surface area contributed by atoms with E-state index >= 15 is 0 Å². The number of ether oxygens (including phenoxy) is 1. The summed E-state index contributed by atoms with van der Waals surface area (Å²) in [5.41, 5.74) is 2.79. The van der Waals surface area contributed by atoms with Crippen molar-refractivity contribution < 1.29 is 46.7 Å². The zero-order chi connectivity index (χ0) is 50.2. The number of aryl methyl sites for hydroxylation is 1. The van der Waals surface area contributed by atoms with Crippen LogP contribution in [0.25, 0.3) is 0 Å². The molecule has 6 amide bonds. The number of hydrogen-bond acceptors (Lipinski definition) is 15. The van der Waals surface area contributed by atoms with Gasteiger partial charge in [-0.2, -0.15) is 4.98 Å². The molecule has 0 spiro atoms. The molecule has 1 atom stereocenters. The summed E-state index contributed by atoms with van der Waals surface area (Å²) in [4.78, 5) is 103. The molecule has 7 rings (SSSR count). The maximum atomic E-state index is 13.2. The number of anilines is 5. The summed E-state index contributed by atoms with van der Waals surface area (Å²) in [6, 6.07) is 17.9. The Labute approximate surface area is 407 Å². The fourth-order valence-corrected chi connectivity index (χ4v) is 10.4. The second kappa shape index (κ2) is 22.0. The van der Waals surface area contributed by atoms with Crippen molar-refractivity contribution in [3.63, 3.8) is 0 Å². The molecule has 3 aliphatic heterocycles. The molecule has 4 N–H and O–H groups in total. The van der Waals surface area contributed by atoms with Gasteiger partial charge < -0.3 is 30.5 Å². The number of unbranched alkanes of at least 4 members (excludes halogenated alkanes) is 2. The number of nitrogens with zero attached hydrogens (tertiary/aromatic N) is 5. The van der Waals surface area contributed by atoms with Crippen LogP contribution in [0.2, 0.25) is 0 Å². The molecule has 370 valence electrons. The number of Topliss-reactive ketones (excluding diaryl/α,β-unsaturated/α-hetero) is 1. The van der Waals surface area contributed by atoms with E-state index in [9.17, 15) is 42.0 Å². The van der Waals surface area contributed by atoms with Crippen LogP contribution in [0.5, 0.6) is 5.75 Å². The first kappa shape index (κ1) is 50.7. The number of carbonyl (C=O) groups excluding carboxylic acids is 7. The topological polar surface area (TPSA) is 246 Å². The summed E-state index contributed by atoms with van der Waals surface area (Å²) < 4.78 is 31.7. The molecule has 1 unspecified atom stereocenters. The number of piperazine rings is 1. The number of carbonyl (C=O) groups is 7. The Kier molecular flexibility index (Phi) is 15.9. The van der Waals surface area contributed by atoms with Gasteiger partial charge in [-0.1, -0.05) is 39.3 Å². The van der Waals surface area contributed by atoms with Crippen molar-refractivity contribution in [2.45, 2.75) is 90.0 Å². The van der Waals surface area contributed by atoms with Gasteiger partial charge in [-0.25, -0.2) is 13.4 Å². The first-order chi connectivity index (χ1) is 33.3. The molecule has 3 aliphatic rings. The number of ketones is 1. The summed E-state index contributed by atoms with van der Waals surface area (Å²) in [5.74, 6) is -2.10. The lowest BCUT2D eigenvalue weighted by Crippen LogP contribution is -2.54. The van der Waals surface area contributed by atoms with Crippen LogP contribution < -0.4 is 30.9 Å². The number of rotatable bonds is 20. The highest BCUT2D eigenvalue weighted by Gasteiger charge is 2.46. The standard InChI is InChI=1S/C50H59N9O10S/c1-32-29-52-49(56-45(32)53-34-10-8-12-37(28-34)70(67,68)31-50(2,3)4)54-33-15-17-35(18-16-33)57-24-26-58(27-25-57)43(63)22-19-36(60)11-6-5-7-23-51-42(62)30-69-40-14-9-13-38-44(40)48(66)59(47(38)65)39-20-21-41(61)55-46(39)64/h8-10,12-18,28-29,39H,5-7,11,19-27,30-31H2,1-4H3,(H,51,62)(H,55,61,64)(H2,52,53,54,56). The zero-order valence-electron chi connectivity index (χ0n) is 39.8. The van der Waals surface area contributed by atoms with Crippen LogP contribution in [-0.4, -0.2) is 121 Å². The van der Waals surface area contributed by atoms with Gasteiger partial charge in [-0.3, -0.25) is 43.8 Å². The van der Waals surface area contributed by atoms with E-state index in [1.54, 1.807) is 35.4 Å². The maximum Gasteiger partial charge on any atom is 0.266 e. The first-order valence-electron chi connectivity index (χ1n) is 23.4. The van der Waals surface area contributed by atoms with Crippen molar-refractivity contribution in [3.8, 4) is 5.75 Å². The van der Waals surface area contributed by atoms with Gasteiger partial charge in [-0.05, 0) is 86.2 Å². The lowest BCUT2D eigenvalue weighted by Gasteiger charge is -2.36. The van der Waals surface area contributed by atoms with E-state index in [-0.39, 0.29) is 70.3 Å². The van der Waals surface area contributed by atoms with Crippen LogP contribution in [0.1, 0.15) is 98.4 Å². The van der Waals surface area contributed by atoms with Crippen molar-refractivity contribution in [3.05, 3.63) is 89.6 Å². The Hall–Kier alpha value is -7.22. The van der Waals surface area contributed by atoms with E-state index in [0.29, 0.717) is 75.9 Å². The molecule has 19 nitrogen and oxygen atoms in total. The van der Waals surface area contributed by atoms with Gasteiger partial charge >= 0.3 is 0 Å². The first-order valence-corrected chi connectivity index (χ1v) is 25.1. The van der Waals surface area contributed by atoms with E-state index in [1.165, 1.54) is 18.2 Å². The van der Waals surface area contributed by atoms with Gasteiger partial charge in [0.2, 0.25) is 23.7 Å². The molecule has 2 saturated heterocycles. The van der Waals surface area contributed by atoms with E-state index in [4.69, 9.17) is 4.74 Å². The number of aromatic nitrogens is 2. The highest BCUT2D eigenvalue weighted by molar-refractivity contribution is 7.91. The average molecular weight is 978 g/mol. The van der Waals surface area contributed by atoms with Crippen LogP contribution >= 0.6 is 0 Å². The minimum atomic E-state index is -3.48. The van der Waals surface area contributed by atoms with Gasteiger partial charge in [0.05, 0.1) is 21.8 Å². The SMILES string of the molecule is Cc1cnc(Nc2ccc(N3CCN(C(=O)CCC(=O)CCCCCNC(=O)COc4cccc5c4C(=O)N(C4CCC(=O)NC4=O)C5=O)CC3)cc2)nc1Nc1cccc(S(=O)(=O)CC(C)(C)C)c1. The van der Waals surface area contributed by atoms with Crippen LogP contribution in [0.4, 0.5) is 28.8 Å². The minimum Gasteiger partial charge on any atom is -0.483 e. The molecule has 0 radical (unpaired) electrons. The Morgan fingerprint density at radius 2 is 1.59 bits per heavy atom. The number of fused-ring (bicyclic) bond motifs is 1. The fraction of sp³-hybridized carbons (Fsp3) is 0.420. The molecule has 1 aromatic heterocycles. The minimum absolute atomic E-state index is 0.00328. The number of benzene rings is 3. The summed E-state index contributed by atoms with van der Waals surface area (Å²) in [6.45, 7) is 9.84. The van der Waals surface area contributed by atoms with Crippen LogP contribution in [0.15, 0.2) is 77.8 Å². The second-order valence-corrected chi connectivity index (χ2v) is 20.8. The smallest absolute Gasteiger partial charge is 0.266 e. The highest BCUT2D eigenvalue weighted by Crippen LogP contribution is 2.34. The van der Waals surface area contributed by atoms with Gasteiger partial charge in [0.1, 0.15) is 23.4 Å². The molecular formula is C50H59N9O10S. The van der Waals surface area contributed by atoms with E-state index < -0.39 is 52.0 Å². The predicted octanol–water partition coefficient (Wildman–Crippen LogP) is 5.25. The normalized spacial score (nSPS) is 16.2. The van der Waals surface area contributed by atoms with E-state index in [0.717, 1.165) is 21.8 Å². The Balaban J connectivity index is 0.764. The summed E-state index contributed by atoms with van der Waals surface area (Å²) in [6.07, 6.45) is 4.27. The molecule has 3 aromatic carbocycles. The van der Waals surface area contributed by atoms with Gasteiger partial charge in [0, 0.05) is 87.2 Å². The third kappa shape index (κ3) is 12.9. The molecule has 20 heteroatoms. The third-order valence-corrected chi connectivity index (χ3v) is 14.3. The second-order valence-electron chi connectivity index (χ2n) is 18.9. The number of imide groups is 2. The highest BCUT2D eigenvalue weighted by atomic mass is 32.2. The summed E-state index contributed by atoms with van der Waals surface area (Å²) in [7, 11) is -3.48. The van der Waals surface area contributed by atoms with Crippen molar-refractivity contribution in [1.82, 2.24) is 30.4 Å². The summed E-state index contributed by atoms with van der Waals surface area (Å²) >= 11 is 0. The van der Waals surface area contributed by atoms with Crippen LogP contribution in [-0.2, 0) is 33.8 Å².